The molecule has 1 N–H and O–H groups in total. The summed E-state index contributed by atoms with van der Waals surface area (Å²) in [6.45, 7) is 3.98. The Morgan fingerprint density at radius 1 is 0.480 bits per heavy atom. The fraction of sp³-hybridized carbons (Fsp3) is 0.733. The molecule has 0 rings (SSSR count). The third-order valence-corrected chi connectivity index (χ3v) is 8.80. The minimum Gasteiger partial charge on any atom is -0.462 e. The number of esters is 2. The summed E-state index contributed by atoms with van der Waals surface area (Å²) < 4.78 is 10.6. The molecule has 288 valence electrons. The van der Waals surface area contributed by atoms with Crippen molar-refractivity contribution in [2.45, 2.75) is 200 Å². The van der Waals surface area contributed by atoms with Crippen LogP contribution in [-0.2, 0) is 19.1 Å². The highest BCUT2D eigenvalue weighted by molar-refractivity contribution is 5.70. The Labute approximate surface area is 309 Å². The number of carbonyl (C=O) groups excluding carboxylic acids is 2. The van der Waals surface area contributed by atoms with Crippen LogP contribution >= 0.6 is 0 Å². The van der Waals surface area contributed by atoms with E-state index >= 15 is 0 Å². The third kappa shape index (κ3) is 38.4. The van der Waals surface area contributed by atoms with Crippen LogP contribution in [0, 0.1) is 0 Å². The maximum absolute atomic E-state index is 12.1. The lowest BCUT2D eigenvalue weighted by Gasteiger charge is -2.15. The second-order valence-corrected chi connectivity index (χ2v) is 13.7. The van der Waals surface area contributed by atoms with Crippen LogP contribution in [0.4, 0.5) is 0 Å². The average molecular weight is 699 g/mol. The zero-order chi connectivity index (χ0) is 36.4. The minimum absolute atomic E-state index is 0.0805. The van der Waals surface area contributed by atoms with Gasteiger partial charge in [0.1, 0.15) is 6.61 Å². The Kier molecular flexibility index (Phi) is 39.1. The largest absolute Gasteiger partial charge is 0.462 e. The number of hydrogen-bond acceptors (Lipinski definition) is 5. The van der Waals surface area contributed by atoms with E-state index in [-0.39, 0.29) is 25.2 Å². The lowest BCUT2D eigenvalue weighted by molar-refractivity contribution is -0.161. The lowest BCUT2D eigenvalue weighted by Crippen LogP contribution is -2.28. The minimum atomic E-state index is -0.788. The van der Waals surface area contributed by atoms with Crippen LogP contribution < -0.4 is 0 Å². The van der Waals surface area contributed by atoms with Gasteiger partial charge in [-0.1, -0.05) is 164 Å². The fourth-order valence-corrected chi connectivity index (χ4v) is 5.66. The Hall–Kier alpha value is -2.40. The van der Waals surface area contributed by atoms with Gasteiger partial charge in [-0.15, -0.1) is 0 Å². The van der Waals surface area contributed by atoms with Crippen molar-refractivity contribution >= 4 is 11.9 Å². The molecule has 0 saturated heterocycles. The first-order valence-electron chi connectivity index (χ1n) is 20.8. The molecule has 5 heteroatoms. The fourth-order valence-electron chi connectivity index (χ4n) is 5.66. The normalized spacial score (nSPS) is 12.8. The molecule has 0 aromatic rings. The maximum atomic E-state index is 12.1. The molecule has 1 atom stereocenters. The van der Waals surface area contributed by atoms with Gasteiger partial charge in [0.15, 0.2) is 6.10 Å². The number of unbranched alkanes of at least 4 members (excludes halogenated alkanes) is 19. The van der Waals surface area contributed by atoms with Gasteiger partial charge >= 0.3 is 11.9 Å². The molecule has 0 radical (unpaired) electrons. The van der Waals surface area contributed by atoms with E-state index in [0.717, 1.165) is 70.6 Å². The van der Waals surface area contributed by atoms with Gasteiger partial charge in [-0.3, -0.25) is 9.59 Å². The predicted molar refractivity (Wildman–Crippen MR) is 214 cm³/mol. The van der Waals surface area contributed by atoms with Crippen LogP contribution in [0.15, 0.2) is 60.8 Å². The molecule has 0 aliphatic carbocycles. The molecular weight excluding hydrogens is 620 g/mol. The number of aliphatic hydroxyl groups excluding tert-OH is 1. The van der Waals surface area contributed by atoms with Crippen molar-refractivity contribution in [2.75, 3.05) is 13.2 Å². The summed E-state index contributed by atoms with van der Waals surface area (Å²) in [6, 6.07) is 0. The lowest BCUT2D eigenvalue weighted by atomic mass is 10.0. The van der Waals surface area contributed by atoms with Gasteiger partial charge in [0, 0.05) is 12.8 Å². The predicted octanol–water partition coefficient (Wildman–Crippen LogP) is 13.2. The first-order chi connectivity index (χ1) is 24.6. The van der Waals surface area contributed by atoms with Gasteiger partial charge in [0.05, 0.1) is 6.61 Å². The van der Waals surface area contributed by atoms with E-state index in [0.29, 0.717) is 12.8 Å². The van der Waals surface area contributed by atoms with Crippen molar-refractivity contribution in [3.63, 3.8) is 0 Å². The molecular formula is C45H78O5. The van der Waals surface area contributed by atoms with Gasteiger partial charge in [0.2, 0.25) is 0 Å². The van der Waals surface area contributed by atoms with E-state index in [1.807, 2.05) is 0 Å². The zero-order valence-corrected chi connectivity index (χ0v) is 32.6. The number of carbonyl (C=O) groups is 2. The summed E-state index contributed by atoms with van der Waals surface area (Å²) in [6.07, 6.45) is 52.9. The number of allylic oxidation sites excluding steroid dienone is 10. The van der Waals surface area contributed by atoms with Crippen molar-refractivity contribution in [3.05, 3.63) is 60.8 Å². The van der Waals surface area contributed by atoms with Crippen molar-refractivity contribution < 1.29 is 24.2 Å². The van der Waals surface area contributed by atoms with Crippen molar-refractivity contribution in [2.24, 2.45) is 0 Å². The SMILES string of the molecule is CC/C=C\C/C=C\C/C=C\CCCCCC(=O)OC(CO)COC(=O)CCCCCCCCCCCCC/C=C\C/C=C\CCCCCCC. The average Bonchev–Trinajstić information content (AvgIpc) is 3.12. The van der Waals surface area contributed by atoms with Gasteiger partial charge in [-0.05, 0) is 77.0 Å². The molecule has 5 nitrogen and oxygen atoms in total. The standard InChI is InChI=1S/C45H78O5/c1-3-5-7-9-11-13-15-17-18-19-20-21-22-23-24-25-26-28-29-31-33-35-37-39-44(47)49-42-43(41-46)50-45(48)40-38-36-34-32-30-27-16-14-12-10-8-6-4-2/h6,8,12,14-15,17,19-20,27,30,43,46H,3-5,7,9-11,13,16,18,21-26,28-29,31-42H2,1-2H3/b8-6-,14-12-,17-15-,20-19-,30-27-. The van der Waals surface area contributed by atoms with E-state index in [9.17, 15) is 14.7 Å². The molecule has 0 aliphatic heterocycles. The van der Waals surface area contributed by atoms with Crippen molar-refractivity contribution in [3.8, 4) is 0 Å². The first-order valence-corrected chi connectivity index (χ1v) is 20.8. The third-order valence-electron chi connectivity index (χ3n) is 8.80. The number of hydrogen-bond donors (Lipinski definition) is 1. The van der Waals surface area contributed by atoms with Gasteiger partial charge in [-0.25, -0.2) is 0 Å². The quantitative estimate of drug-likeness (QED) is 0.0397. The van der Waals surface area contributed by atoms with Crippen LogP contribution in [0.2, 0.25) is 0 Å². The highest BCUT2D eigenvalue weighted by Gasteiger charge is 2.16. The molecule has 0 aromatic carbocycles. The van der Waals surface area contributed by atoms with Crippen LogP contribution in [0.3, 0.4) is 0 Å². The molecule has 0 aromatic heterocycles. The molecule has 0 spiro atoms. The first kappa shape index (κ1) is 47.6. The van der Waals surface area contributed by atoms with E-state index in [2.05, 4.69) is 74.6 Å². The summed E-state index contributed by atoms with van der Waals surface area (Å²) in [7, 11) is 0. The Morgan fingerprint density at radius 2 is 0.860 bits per heavy atom. The maximum Gasteiger partial charge on any atom is 0.306 e. The highest BCUT2D eigenvalue weighted by atomic mass is 16.6. The Bertz CT molecular complexity index is 884. The second-order valence-electron chi connectivity index (χ2n) is 13.7. The van der Waals surface area contributed by atoms with E-state index in [1.54, 1.807) is 0 Å². The van der Waals surface area contributed by atoms with Crippen LogP contribution in [0.25, 0.3) is 0 Å². The number of aliphatic hydroxyl groups is 1. The summed E-state index contributed by atoms with van der Waals surface area (Å²) in [5.74, 6) is -0.629. The van der Waals surface area contributed by atoms with Gasteiger partial charge in [-0.2, -0.15) is 0 Å². The topological polar surface area (TPSA) is 72.8 Å². The van der Waals surface area contributed by atoms with Crippen LogP contribution in [0.5, 0.6) is 0 Å². The number of rotatable bonds is 37. The van der Waals surface area contributed by atoms with Crippen molar-refractivity contribution in [1.82, 2.24) is 0 Å². The van der Waals surface area contributed by atoms with Gasteiger partial charge < -0.3 is 14.6 Å². The summed E-state index contributed by atoms with van der Waals surface area (Å²) in [4.78, 5) is 24.3. The molecule has 0 saturated carbocycles. The second kappa shape index (κ2) is 41.0. The summed E-state index contributed by atoms with van der Waals surface area (Å²) in [5.41, 5.74) is 0. The monoisotopic (exact) mass is 699 g/mol. The molecule has 1 unspecified atom stereocenters. The number of ether oxygens (including phenoxy) is 2. The zero-order valence-electron chi connectivity index (χ0n) is 32.6. The smallest absolute Gasteiger partial charge is 0.306 e. The van der Waals surface area contributed by atoms with Crippen LogP contribution in [0.1, 0.15) is 194 Å². The highest BCUT2D eigenvalue weighted by Crippen LogP contribution is 2.14. The molecule has 50 heavy (non-hydrogen) atoms. The molecule has 0 amide bonds. The molecule has 0 fully saturated rings. The van der Waals surface area contributed by atoms with E-state index in [4.69, 9.17) is 9.47 Å². The molecule has 0 aliphatic rings. The molecule has 0 heterocycles. The van der Waals surface area contributed by atoms with Gasteiger partial charge in [0.25, 0.3) is 0 Å². The van der Waals surface area contributed by atoms with E-state index < -0.39 is 6.10 Å². The molecule has 0 bridgehead atoms. The van der Waals surface area contributed by atoms with Crippen LogP contribution in [-0.4, -0.2) is 36.4 Å². The van der Waals surface area contributed by atoms with Crippen molar-refractivity contribution in [1.29, 1.82) is 0 Å². The summed E-state index contributed by atoms with van der Waals surface area (Å²) >= 11 is 0. The Balaban J connectivity index is 3.55. The Morgan fingerprint density at radius 3 is 1.32 bits per heavy atom. The van der Waals surface area contributed by atoms with E-state index in [1.165, 1.54) is 96.3 Å². The summed E-state index contributed by atoms with van der Waals surface area (Å²) in [5, 5.41) is 9.55.